The minimum atomic E-state index is -0.526. The van der Waals surface area contributed by atoms with Gasteiger partial charge >= 0.3 is 5.97 Å². The molecule has 5 nitrogen and oxygen atoms in total. The third kappa shape index (κ3) is 2.76. The third-order valence-electron chi connectivity index (χ3n) is 3.30. The van der Waals surface area contributed by atoms with E-state index in [0.717, 1.165) is 10.3 Å². The van der Waals surface area contributed by atoms with Gasteiger partial charge in [0.15, 0.2) is 5.76 Å². The van der Waals surface area contributed by atoms with Crippen LogP contribution in [0.2, 0.25) is 0 Å². The van der Waals surface area contributed by atoms with Crippen molar-refractivity contribution in [3.63, 3.8) is 0 Å². The van der Waals surface area contributed by atoms with Gasteiger partial charge in [-0.2, -0.15) is 0 Å². The molecule has 0 saturated carbocycles. The van der Waals surface area contributed by atoms with Crippen molar-refractivity contribution in [2.24, 2.45) is 0 Å². The SMILES string of the molecule is O=C(OCc1cc(-c2cccs2)on1)c1cc2ccccc2o1. The zero-order valence-electron chi connectivity index (χ0n) is 11.9. The number of aromatic nitrogens is 1. The zero-order valence-corrected chi connectivity index (χ0v) is 12.7. The molecule has 114 valence electrons. The number of carbonyl (C=O) groups excluding carboxylic acids is 1. The van der Waals surface area contributed by atoms with Crippen molar-refractivity contribution < 1.29 is 18.5 Å². The van der Waals surface area contributed by atoms with Crippen molar-refractivity contribution in [1.29, 1.82) is 0 Å². The highest BCUT2D eigenvalue weighted by Crippen LogP contribution is 2.25. The van der Waals surface area contributed by atoms with Crippen molar-refractivity contribution in [3.8, 4) is 10.6 Å². The molecule has 0 N–H and O–H groups in total. The Balaban J connectivity index is 1.45. The minimum absolute atomic E-state index is 0.0325. The molecule has 0 radical (unpaired) electrons. The Morgan fingerprint density at radius 1 is 1.17 bits per heavy atom. The molecule has 4 aromatic rings. The van der Waals surface area contributed by atoms with Gasteiger partial charge in [-0.25, -0.2) is 4.79 Å². The summed E-state index contributed by atoms with van der Waals surface area (Å²) in [6.07, 6.45) is 0. The molecule has 0 aliphatic heterocycles. The van der Waals surface area contributed by atoms with Crippen molar-refractivity contribution in [2.45, 2.75) is 6.61 Å². The van der Waals surface area contributed by atoms with Crippen molar-refractivity contribution in [3.05, 3.63) is 65.4 Å². The average Bonchev–Trinajstić information content (AvgIpc) is 3.31. The number of furan rings is 1. The Morgan fingerprint density at radius 3 is 2.91 bits per heavy atom. The van der Waals surface area contributed by atoms with Gasteiger partial charge in [-0.15, -0.1) is 11.3 Å². The lowest BCUT2D eigenvalue weighted by Gasteiger charge is -1.98. The van der Waals surface area contributed by atoms with E-state index in [9.17, 15) is 4.79 Å². The molecule has 0 fully saturated rings. The van der Waals surface area contributed by atoms with Gasteiger partial charge in [0.25, 0.3) is 0 Å². The number of ether oxygens (including phenoxy) is 1. The summed E-state index contributed by atoms with van der Waals surface area (Å²) in [4.78, 5) is 13.0. The molecule has 0 saturated heterocycles. The molecule has 0 spiro atoms. The molecule has 4 rings (SSSR count). The molecular formula is C17H11NO4S. The van der Waals surface area contributed by atoms with Crippen LogP contribution in [0.1, 0.15) is 16.2 Å². The monoisotopic (exact) mass is 325 g/mol. The molecule has 0 aliphatic carbocycles. The zero-order chi connectivity index (χ0) is 15.6. The third-order valence-corrected chi connectivity index (χ3v) is 4.19. The molecule has 6 heteroatoms. The van der Waals surface area contributed by atoms with Crippen LogP contribution in [0, 0.1) is 0 Å². The van der Waals surface area contributed by atoms with Gasteiger partial charge in [-0.1, -0.05) is 29.4 Å². The number of hydrogen-bond donors (Lipinski definition) is 0. The largest absolute Gasteiger partial charge is 0.453 e. The number of para-hydroxylation sites is 1. The van der Waals surface area contributed by atoms with Crippen molar-refractivity contribution in [1.82, 2.24) is 5.16 Å². The Labute approximate surface area is 135 Å². The number of nitrogens with zero attached hydrogens (tertiary/aromatic N) is 1. The van der Waals surface area contributed by atoms with Crippen LogP contribution in [0.3, 0.4) is 0 Å². The summed E-state index contributed by atoms with van der Waals surface area (Å²) in [5, 5.41) is 6.72. The average molecular weight is 325 g/mol. The highest BCUT2D eigenvalue weighted by atomic mass is 32.1. The highest BCUT2D eigenvalue weighted by Gasteiger charge is 2.15. The van der Waals surface area contributed by atoms with E-state index in [0.29, 0.717) is 17.0 Å². The molecular weight excluding hydrogens is 314 g/mol. The van der Waals surface area contributed by atoms with Crippen LogP contribution in [0.4, 0.5) is 0 Å². The summed E-state index contributed by atoms with van der Waals surface area (Å²) in [6.45, 7) is 0.0325. The first-order valence-corrected chi connectivity index (χ1v) is 7.83. The van der Waals surface area contributed by atoms with Crippen molar-refractivity contribution >= 4 is 28.3 Å². The first kappa shape index (κ1) is 13.8. The number of benzene rings is 1. The van der Waals surface area contributed by atoms with Gasteiger partial charge in [0.1, 0.15) is 17.9 Å². The predicted octanol–water partition coefficient (Wildman–Crippen LogP) is 4.51. The molecule has 0 amide bonds. The van der Waals surface area contributed by atoms with Gasteiger partial charge in [-0.3, -0.25) is 0 Å². The number of rotatable bonds is 4. The number of thiophene rings is 1. The molecule has 3 heterocycles. The van der Waals surface area contributed by atoms with E-state index in [2.05, 4.69) is 5.16 Å². The Kier molecular flexibility index (Phi) is 3.44. The maximum atomic E-state index is 12.1. The molecule has 0 aliphatic rings. The van der Waals surface area contributed by atoms with Crippen molar-refractivity contribution in [2.75, 3.05) is 0 Å². The fourth-order valence-corrected chi connectivity index (χ4v) is 2.88. The van der Waals surface area contributed by atoms with E-state index in [-0.39, 0.29) is 12.4 Å². The second-order valence-corrected chi connectivity index (χ2v) is 5.83. The number of esters is 1. The Morgan fingerprint density at radius 2 is 2.09 bits per heavy atom. The minimum Gasteiger partial charge on any atom is -0.453 e. The van der Waals surface area contributed by atoms with E-state index < -0.39 is 5.97 Å². The summed E-state index contributed by atoms with van der Waals surface area (Å²) < 4.78 is 15.9. The second kappa shape index (κ2) is 5.73. The Hall–Kier alpha value is -2.86. The topological polar surface area (TPSA) is 65.5 Å². The van der Waals surface area contributed by atoms with E-state index in [1.54, 1.807) is 29.5 Å². The standard InChI is InChI=1S/C17H11NO4S/c19-17(15-8-11-4-1-2-5-13(11)21-15)20-10-12-9-14(22-18-12)16-6-3-7-23-16/h1-9H,10H2. The molecule has 0 bridgehead atoms. The van der Waals surface area contributed by atoms with Gasteiger partial charge in [0, 0.05) is 11.5 Å². The van der Waals surface area contributed by atoms with E-state index >= 15 is 0 Å². The highest BCUT2D eigenvalue weighted by molar-refractivity contribution is 7.13. The lowest BCUT2D eigenvalue weighted by Crippen LogP contribution is -2.03. The number of carbonyl (C=O) groups is 1. The summed E-state index contributed by atoms with van der Waals surface area (Å²) in [5.41, 5.74) is 1.21. The second-order valence-electron chi connectivity index (χ2n) is 4.88. The molecule has 3 aromatic heterocycles. The lowest BCUT2D eigenvalue weighted by molar-refractivity contribution is 0.0430. The smallest absolute Gasteiger partial charge is 0.374 e. The fraction of sp³-hybridized carbons (Fsp3) is 0.0588. The number of fused-ring (bicyclic) bond motifs is 1. The van der Waals surface area contributed by atoms with Crippen LogP contribution in [0.25, 0.3) is 21.6 Å². The summed E-state index contributed by atoms with van der Waals surface area (Å²) >= 11 is 1.56. The van der Waals surface area contributed by atoms with E-state index in [1.807, 2.05) is 35.7 Å². The summed E-state index contributed by atoms with van der Waals surface area (Å²) in [7, 11) is 0. The van der Waals surface area contributed by atoms with Gasteiger partial charge < -0.3 is 13.7 Å². The molecule has 0 atom stereocenters. The van der Waals surface area contributed by atoms with Crippen LogP contribution in [0.5, 0.6) is 0 Å². The van der Waals surface area contributed by atoms with Crippen LogP contribution in [0.15, 0.2) is 62.9 Å². The molecule has 23 heavy (non-hydrogen) atoms. The maximum Gasteiger partial charge on any atom is 0.374 e. The first-order chi connectivity index (χ1) is 11.3. The first-order valence-electron chi connectivity index (χ1n) is 6.95. The molecule has 0 unspecified atom stereocenters. The van der Waals surface area contributed by atoms with Gasteiger partial charge in [0.05, 0.1) is 4.88 Å². The maximum absolute atomic E-state index is 12.1. The molecule has 1 aromatic carbocycles. The lowest BCUT2D eigenvalue weighted by atomic mass is 10.2. The van der Waals surface area contributed by atoms with Gasteiger partial charge in [0.2, 0.25) is 5.76 Å². The van der Waals surface area contributed by atoms with Gasteiger partial charge in [-0.05, 0) is 23.6 Å². The predicted molar refractivity (Wildman–Crippen MR) is 85.1 cm³/mol. The van der Waals surface area contributed by atoms with E-state index in [1.165, 1.54) is 0 Å². The van der Waals surface area contributed by atoms with E-state index in [4.69, 9.17) is 13.7 Å². The van der Waals surface area contributed by atoms with Crippen LogP contribution >= 0.6 is 11.3 Å². The van der Waals surface area contributed by atoms with Crippen LogP contribution in [-0.2, 0) is 11.3 Å². The number of hydrogen-bond acceptors (Lipinski definition) is 6. The fourth-order valence-electron chi connectivity index (χ4n) is 2.21. The summed E-state index contributed by atoms with van der Waals surface area (Å²) in [6, 6.07) is 14.7. The normalized spacial score (nSPS) is 11.0. The quantitative estimate of drug-likeness (QED) is 0.517. The summed E-state index contributed by atoms with van der Waals surface area (Å²) in [5.74, 6) is 0.310. The van der Waals surface area contributed by atoms with Crippen LogP contribution < -0.4 is 0 Å². The van der Waals surface area contributed by atoms with Crippen LogP contribution in [-0.4, -0.2) is 11.1 Å². The Bertz CT molecular complexity index is 919.